The second kappa shape index (κ2) is 7.24. The number of rotatable bonds is 5. The fourth-order valence-electron chi connectivity index (χ4n) is 3.65. The molecule has 0 heterocycles. The Morgan fingerprint density at radius 1 is 1.10 bits per heavy atom. The van der Waals surface area contributed by atoms with Crippen LogP contribution in [0.25, 0.3) is 0 Å². The maximum absolute atomic E-state index is 5.85. The third-order valence-corrected chi connectivity index (χ3v) is 5.24. The normalized spacial score (nSPS) is 24.9. The highest BCUT2D eigenvalue weighted by atomic mass is 15.2. The van der Waals surface area contributed by atoms with Gasteiger partial charge in [0, 0.05) is 6.04 Å². The number of hydrogen-bond acceptors (Lipinski definition) is 2. The van der Waals surface area contributed by atoms with Crippen molar-refractivity contribution in [1.82, 2.24) is 5.43 Å². The van der Waals surface area contributed by atoms with Gasteiger partial charge in [0.25, 0.3) is 0 Å². The summed E-state index contributed by atoms with van der Waals surface area (Å²) in [6, 6.07) is 9.09. The minimum absolute atomic E-state index is 0.421. The molecule has 1 aromatic carbocycles. The SMILES string of the molecule is Cc1ccccc1CC(NN)C1CCC(C(C)C)CC1. The van der Waals surface area contributed by atoms with E-state index in [1.54, 1.807) is 0 Å². The van der Waals surface area contributed by atoms with Gasteiger partial charge in [-0.1, -0.05) is 38.1 Å². The Balaban J connectivity index is 1.95. The van der Waals surface area contributed by atoms with Gasteiger partial charge >= 0.3 is 0 Å². The molecule has 1 aliphatic carbocycles. The average Bonchev–Trinajstić information content (AvgIpc) is 2.46. The highest BCUT2D eigenvalue weighted by molar-refractivity contribution is 5.26. The van der Waals surface area contributed by atoms with Crippen molar-refractivity contribution in [1.29, 1.82) is 0 Å². The van der Waals surface area contributed by atoms with Crippen LogP contribution in [-0.4, -0.2) is 6.04 Å². The van der Waals surface area contributed by atoms with Crippen LogP contribution in [0, 0.1) is 24.7 Å². The summed E-state index contributed by atoms with van der Waals surface area (Å²) in [6.45, 7) is 6.91. The third kappa shape index (κ3) is 3.83. The summed E-state index contributed by atoms with van der Waals surface area (Å²) >= 11 is 0. The lowest BCUT2D eigenvalue weighted by Crippen LogP contribution is -2.44. The highest BCUT2D eigenvalue weighted by Gasteiger charge is 2.28. The molecule has 0 saturated heterocycles. The summed E-state index contributed by atoms with van der Waals surface area (Å²) in [7, 11) is 0. The average molecular weight is 274 g/mol. The Morgan fingerprint density at radius 2 is 1.70 bits per heavy atom. The topological polar surface area (TPSA) is 38.0 Å². The molecule has 2 heteroatoms. The first-order valence-electron chi connectivity index (χ1n) is 8.12. The Bertz CT molecular complexity index is 406. The lowest BCUT2D eigenvalue weighted by atomic mass is 9.73. The Hall–Kier alpha value is -0.860. The van der Waals surface area contributed by atoms with Gasteiger partial charge in [-0.25, -0.2) is 0 Å². The fraction of sp³-hybridized carbons (Fsp3) is 0.667. The molecule has 20 heavy (non-hydrogen) atoms. The predicted molar refractivity (Wildman–Crippen MR) is 86.3 cm³/mol. The molecule has 1 fully saturated rings. The molecule has 0 spiro atoms. The molecule has 1 atom stereocenters. The first-order chi connectivity index (χ1) is 9.61. The van der Waals surface area contributed by atoms with E-state index >= 15 is 0 Å². The van der Waals surface area contributed by atoms with E-state index in [0.29, 0.717) is 6.04 Å². The van der Waals surface area contributed by atoms with Crippen LogP contribution < -0.4 is 11.3 Å². The van der Waals surface area contributed by atoms with E-state index in [9.17, 15) is 0 Å². The van der Waals surface area contributed by atoms with Gasteiger partial charge in [-0.3, -0.25) is 11.3 Å². The molecule has 1 saturated carbocycles. The highest BCUT2D eigenvalue weighted by Crippen LogP contribution is 2.35. The summed E-state index contributed by atoms with van der Waals surface area (Å²) in [5.74, 6) is 8.33. The number of hydrogen-bond donors (Lipinski definition) is 2. The van der Waals surface area contributed by atoms with Crippen LogP contribution in [0.2, 0.25) is 0 Å². The quantitative estimate of drug-likeness (QED) is 0.632. The van der Waals surface area contributed by atoms with Crippen molar-refractivity contribution in [3.05, 3.63) is 35.4 Å². The van der Waals surface area contributed by atoms with Crippen molar-refractivity contribution in [3.8, 4) is 0 Å². The molecule has 112 valence electrons. The van der Waals surface area contributed by atoms with E-state index in [1.165, 1.54) is 36.8 Å². The number of hydrazine groups is 1. The van der Waals surface area contributed by atoms with Crippen LogP contribution in [0.15, 0.2) is 24.3 Å². The first-order valence-corrected chi connectivity index (χ1v) is 8.12. The van der Waals surface area contributed by atoms with E-state index in [-0.39, 0.29) is 0 Å². The largest absolute Gasteiger partial charge is 0.271 e. The van der Waals surface area contributed by atoms with Crippen molar-refractivity contribution >= 4 is 0 Å². The van der Waals surface area contributed by atoms with E-state index in [4.69, 9.17) is 5.84 Å². The van der Waals surface area contributed by atoms with Crippen LogP contribution in [-0.2, 0) is 6.42 Å². The molecule has 2 nitrogen and oxygen atoms in total. The molecule has 0 radical (unpaired) electrons. The van der Waals surface area contributed by atoms with Crippen molar-refractivity contribution < 1.29 is 0 Å². The van der Waals surface area contributed by atoms with Crippen LogP contribution in [0.4, 0.5) is 0 Å². The zero-order valence-electron chi connectivity index (χ0n) is 13.2. The maximum Gasteiger partial charge on any atom is 0.0279 e. The smallest absolute Gasteiger partial charge is 0.0279 e. The molecule has 3 N–H and O–H groups in total. The van der Waals surface area contributed by atoms with Crippen molar-refractivity contribution in [3.63, 3.8) is 0 Å². The van der Waals surface area contributed by atoms with Gasteiger partial charge in [0.1, 0.15) is 0 Å². The second-order valence-electron chi connectivity index (χ2n) is 6.82. The van der Waals surface area contributed by atoms with E-state index in [1.807, 2.05) is 0 Å². The van der Waals surface area contributed by atoms with Gasteiger partial charge in [-0.2, -0.15) is 0 Å². The van der Waals surface area contributed by atoms with Crippen LogP contribution >= 0.6 is 0 Å². The molecule has 0 aliphatic heterocycles. The van der Waals surface area contributed by atoms with Gasteiger partial charge in [-0.15, -0.1) is 0 Å². The monoisotopic (exact) mass is 274 g/mol. The molecular formula is C18H30N2. The van der Waals surface area contributed by atoms with Gasteiger partial charge < -0.3 is 0 Å². The summed E-state index contributed by atoms with van der Waals surface area (Å²) in [6.07, 6.45) is 6.44. The third-order valence-electron chi connectivity index (χ3n) is 5.24. The zero-order valence-corrected chi connectivity index (χ0v) is 13.2. The summed E-state index contributed by atoms with van der Waals surface area (Å²) in [4.78, 5) is 0. The molecular weight excluding hydrogens is 244 g/mol. The molecule has 1 unspecified atom stereocenters. The molecule has 1 aromatic rings. The molecule has 2 rings (SSSR count). The van der Waals surface area contributed by atoms with Crippen molar-refractivity contribution in [2.75, 3.05) is 0 Å². The number of benzene rings is 1. The number of nitrogens with one attached hydrogen (secondary N) is 1. The van der Waals surface area contributed by atoms with Crippen LogP contribution in [0.3, 0.4) is 0 Å². The molecule has 1 aliphatic rings. The minimum atomic E-state index is 0.421. The maximum atomic E-state index is 5.85. The van der Waals surface area contributed by atoms with Gasteiger partial charge in [0.05, 0.1) is 0 Å². The summed E-state index contributed by atoms with van der Waals surface area (Å²) in [5.41, 5.74) is 5.90. The second-order valence-corrected chi connectivity index (χ2v) is 6.82. The van der Waals surface area contributed by atoms with E-state index in [0.717, 1.165) is 24.2 Å². The minimum Gasteiger partial charge on any atom is -0.271 e. The first kappa shape index (κ1) is 15.5. The van der Waals surface area contributed by atoms with Gasteiger partial charge in [-0.05, 0) is 67.9 Å². The molecule has 0 aromatic heterocycles. The zero-order chi connectivity index (χ0) is 14.5. The molecule has 0 bridgehead atoms. The predicted octanol–water partition coefficient (Wildman–Crippen LogP) is 3.83. The van der Waals surface area contributed by atoms with Crippen molar-refractivity contribution in [2.24, 2.45) is 23.6 Å². The van der Waals surface area contributed by atoms with Crippen LogP contribution in [0.5, 0.6) is 0 Å². The molecule has 0 amide bonds. The van der Waals surface area contributed by atoms with Gasteiger partial charge in [0.15, 0.2) is 0 Å². The van der Waals surface area contributed by atoms with Crippen molar-refractivity contribution in [2.45, 2.75) is 58.9 Å². The Labute approximate surface area is 124 Å². The van der Waals surface area contributed by atoms with E-state index in [2.05, 4.69) is 50.5 Å². The lowest BCUT2D eigenvalue weighted by molar-refractivity contribution is 0.188. The van der Waals surface area contributed by atoms with Crippen LogP contribution in [0.1, 0.15) is 50.7 Å². The fourth-order valence-corrected chi connectivity index (χ4v) is 3.65. The lowest BCUT2D eigenvalue weighted by Gasteiger charge is -2.35. The summed E-state index contributed by atoms with van der Waals surface area (Å²) in [5, 5.41) is 0. The van der Waals surface area contributed by atoms with E-state index < -0.39 is 0 Å². The number of aryl methyl sites for hydroxylation is 1. The Kier molecular flexibility index (Phi) is 5.62. The number of nitrogens with two attached hydrogens (primary N) is 1. The standard InChI is InChI=1S/C18H30N2/c1-13(2)15-8-10-16(11-9-15)18(20-19)12-17-7-5-4-6-14(17)3/h4-7,13,15-16,18,20H,8-12,19H2,1-3H3. The van der Waals surface area contributed by atoms with Gasteiger partial charge in [0.2, 0.25) is 0 Å². The summed E-state index contributed by atoms with van der Waals surface area (Å²) < 4.78 is 0. The Morgan fingerprint density at radius 3 is 2.25 bits per heavy atom.